The summed E-state index contributed by atoms with van der Waals surface area (Å²) in [5.74, 6) is 0.472. The minimum absolute atomic E-state index is 0. The molecule has 0 fully saturated rings. The van der Waals surface area contributed by atoms with Gasteiger partial charge in [-0.25, -0.2) is 0 Å². The number of nitrogens with zero attached hydrogens (tertiary/aromatic N) is 1. The molecule has 104 valence electrons. The van der Waals surface area contributed by atoms with Crippen LogP contribution in [0.25, 0.3) is 0 Å². The first kappa shape index (κ1) is 19.3. The number of aliphatic imine (C=N–C) groups is 1. The zero-order chi connectivity index (χ0) is 12.6. The van der Waals surface area contributed by atoms with Gasteiger partial charge >= 0.3 is 0 Å². The van der Waals surface area contributed by atoms with Crippen LogP contribution >= 0.6 is 24.0 Å². The number of guanidine groups is 1. The molecule has 0 aromatic rings. The predicted octanol–water partition coefficient (Wildman–Crippen LogP) is 0.932. The summed E-state index contributed by atoms with van der Waals surface area (Å²) in [4.78, 5) is 4.21. The molecular weight excluding hydrogens is 331 g/mol. The van der Waals surface area contributed by atoms with Gasteiger partial charge in [-0.2, -0.15) is 0 Å². The van der Waals surface area contributed by atoms with Crippen LogP contribution in [0.15, 0.2) is 4.99 Å². The minimum Gasteiger partial charge on any atom is -0.383 e. The lowest BCUT2D eigenvalue weighted by molar-refractivity contribution is 0.179. The maximum Gasteiger partial charge on any atom is 0.188 e. The molecule has 0 aliphatic carbocycles. The first-order chi connectivity index (χ1) is 7.35. The van der Waals surface area contributed by atoms with Crippen LogP contribution in [-0.2, 0) is 4.74 Å². The Kier molecular flexibility index (Phi) is 11.2. The second kappa shape index (κ2) is 9.90. The van der Waals surface area contributed by atoms with Crippen LogP contribution in [0.5, 0.6) is 0 Å². The highest BCUT2D eigenvalue weighted by atomic mass is 127. The number of nitrogens with one attached hydrogen (secondary N) is 2. The van der Waals surface area contributed by atoms with Crippen LogP contribution in [0.3, 0.4) is 0 Å². The van der Waals surface area contributed by atoms with Crippen molar-refractivity contribution in [3.8, 4) is 0 Å². The van der Waals surface area contributed by atoms with Crippen molar-refractivity contribution < 1.29 is 4.74 Å². The summed E-state index contributed by atoms with van der Waals surface area (Å²) in [5.41, 5.74) is 5.84. The van der Waals surface area contributed by atoms with E-state index in [0.717, 1.165) is 6.54 Å². The summed E-state index contributed by atoms with van der Waals surface area (Å²) in [7, 11) is 1.67. The van der Waals surface area contributed by atoms with Crippen LogP contribution in [0, 0.1) is 0 Å². The standard InChI is InChI=1S/C11H26N4O.HI/c1-9(8-16-5)15-10(12)13-6-7-14-11(2,3)4;/h9,14H,6-8H2,1-5H3,(H3,12,13,15);1H. The number of rotatable bonds is 6. The van der Waals surface area contributed by atoms with E-state index < -0.39 is 0 Å². The third-order valence-electron chi connectivity index (χ3n) is 1.86. The number of hydrogen-bond donors (Lipinski definition) is 3. The predicted molar refractivity (Wildman–Crippen MR) is 84.1 cm³/mol. The molecule has 1 atom stereocenters. The summed E-state index contributed by atoms with van der Waals surface area (Å²) < 4.78 is 4.99. The number of ether oxygens (including phenoxy) is 1. The molecule has 5 nitrogen and oxygen atoms in total. The Balaban J connectivity index is 0. The SMILES string of the molecule is COCC(C)NC(N)=NCCNC(C)(C)C.I. The fraction of sp³-hybridized carbons (Fsp3) is 0.909. The summed E-state index contributed by atoms with van der Waals surface area (Å²) in [6.07, 6.45) is 0. The molecule has 0 aliphatic heterocycles. The number of nitrogens with two attached hydrogens (primary N) is 1. The molecule has 0 aliphatic rings. The molecule has 0 aromatic carbocycles. The van der Waals surface area contributed by atoms with Gasteiger partial charge in [-0.05, 0) is 27.7 Å². The fourth-order valence-electron chi connectivity index (χ4n) is 1.20. The van der Waals surface area contributed by atoms with Gasteiger partial charge in [0.05, 0.1) is 13.2 Å². The molecule has 4 N–H and O–H groups in total. The Morgan fingerprint density at radius 1 is 1.41 bits per heavy atom. The van der Waals surface area contributed by atoms with Crippen LogP contribution in [0.1, 0.15) is 27.7 Å². The Morgan fingerprint density at radius 2 is 2.00 bits per heavy atom. The normalized spacial score (nSPS) is 14.1. The summed E-state index contributed by atoms with van der Waals surface area (Å²) in [6.45, 7) is 10.5. The minimum atomic E-state index is 0. The zero-order valence-corrected chi connectivity index (χ0v) is 13.9. The summed E-state index contributed by atoms with van der Waals surface area (Å²) in [6, 6.07) is 0.185. The molecule has 0 saturated carbocycles. The second-order valence-electron chi connectivity index (χ2n) is 4.94. The van der Waals surface area contributed by atoms with Gasteiger partial charge in [0.25, 0.3) is 0 Å². The van der Waals surface area contributed by atoms with E-state index in [-0.39, 0.29) is 35.6 Å². The van der Waals surface area contributed by atoms with E-state index in [1.165, 1.54) is 0 Å². The third-order valence-corrected chi connectivity index (χ3v) is 1.86. The van der Waals surface area contributed by atoms with Crippen molar-refractivity contribution >= 4 is 29.9 Å². The van der Waals surface area contributed by atoms with Gasteiger partial charge in [-0.1, -0.05) is 0 Å². The summed E-state index contributed by atoms with van der Waals surface area (Å²) >= 11 is 0. The molecule has 0 rings (SSSR count). The van der Waals surface area contributed by atoms with Crippen molar-refractivity contribution in [2.45, 2.75) is 39.3 Å². The van der Waals surface area contributed by atoms with Crippen molar-refractivity contribution in [3.05, 3.63) is 0 Å². The average Bonchev–Trinajstić information content (AvgIpc) is 2.11. The highest BCUT2D eigenvalue weighted by Crippen LogP contribution is 1.96. The maximum atomic E-state index is 5.71. The van der Waals surface area contributed by atoms with Gasteiger partial charge in [-0.3, -0.25) is 4.99 Å². The lowest BCUT2D eigenvalue weighted by Crippen LogP contribution is -2.42. The molecule has 0 aromatic heterocycles. The topological polar surface area (TPSA) is 71.7 Å². The first-order valence-electron chi connectivity index (χ1n) is 5.65. The van der Waals surface area contributed by atoms with Crippen LogP contribution in [-0.4, -0.2) is 44.3 Å². The molecule has 0 bridgehead atoms. The van der Waals surface area contributed by atoms with E-state index in [1.54, 1.807) is 7.11 Å². The van der Waals surface area contributed by atoms with Crippen molar-refractivity contribution in [1.29, 1.82) is 0 Å². The maximum absolute atomic E-state index is 5.71. The molecule has 0 amide bonds. The molecule has 0 saturated heterocycles. The Hall–Kier alpha value is -0.0800. The van der Waals surface area contributed by atoms with Crippen molar-refractivity contribution in [3.63, 3.8) is 0 Å². The van der Waals surface area contributed by atoms with Gasteiger partial charge in [0.2, 0.25) is 0 Å². The quantitative estimate of drug-likeness (QED) is 0.286. The molecule has 0 heterocycles. The number of methoxy groups -OCH3 is 1. The van der Waals surface area contributed by atoms with Gasteiger partial charge in [-0.15, -0.1) is 24.0 Å². The van der Waals surface area contributed by atoms with Gasteiger partial charge in [0, 0.05) is 25.2 Å². The van der Waals surface area contributed by atoms with Crippen LogP contribution < -0.4 is 16.4 Å². The van der Waals surface area contributed by atoms with Crippen LogP contribution in [0.2, 0.25) is 0 Å². The molecule has 0 radical (unpaired) electrons. The number of halogens is 1. The zero-order valence-electron chi connectivity index (χ0n) is 11.5. The van der Waals surface area contributed by atoms with E-state index in [2.05, 4.69) is 36.4 Å². The Labute approximate surface area is 122 Å². The largest absolute Gasteiger partial charge is 0.383 e. The highest BCUT2D eigenvalue weighted by molar-refractivity contribution is 14.0. The molecular formula is C11H27IN4O. The molecule has 17 heavy (non-hydrogen) atoms. The van der Waals surface area contributed by atoms with E-state index >= 15 is 0 Å². The van der Waals surface area contributed by atoms with Crippen molar-refractivity contribution in [2.24, 2.45) is 10.7 Å². The molecule has 0 spiro atoms. The fourth-order valence-corrected chi connectivity index (χ4v) is 1.20. The molecule has 1 unspecified atom stereocenters. The van der Waals surface area contributed by atoms with Crippen molar-refractivity contribution in [2.75, 3.05) is 26.8 Å². The van der Waals surface area contributed by atoms with E-state index in [9.17, 15) is 0 Å². The smallest absolute Gasteiger partial charge is 0.188 e. The lowest BCUT2D eigenvalue weighted by atomic mass is 10.1. The van der Waals surface area contributed by atoms with Gasteiger partial charge < -0.3 is 21.1 Å². The average molecular weight is 358 g/mol. The Morgan fingerprint density at radius 3 is 2.47 bits per heavy atom. The lowest BCUT2D eigenvalue weighted by Gasteiger charge is -2.19. The first-order valence-corrected chi connectivity index (χ1v) is 5.65. The van der Waals surface area contributed by atoms with Crippen molar-refractivity contribution in [1.82, 2.24) is 10.6 Å². The van der Waals surface area contributed by atoms with Gasteiger partial charge in [0.15, 0.2) is 5.96 Å². The number of hydrogen-bond acceptors (Lipinski definition) is 3. The van der Waals surface area contributed by atoms with Gasteiger partial charge in [0.1, 0.15) is 0 Å². The monoisotopic (exact) mass is 358 g/mol. The van der Waals surface area contributed by atoms with E-state index in [4.69, 9.17) is 10.5 Å². The Bertz CT molecular complexity index is 216. The summed E-state index contributed by atoms with van der Waals surface area (Å²) in [5, 5.41) is 6.39. The second-order valence-corrected chi connectivity index (χ2v) is 4.94. The highest BCUT2D eigenvalue weighted by Gasteiger charge is 2.07. The van der Waals surface area contributed by atoms with E-state index in [1.807, 2.05) is 6.92 Å². The van der Waals surface area contributed by atoms with Crippen LogP contribution in [0.4, 0.5) is 0 Å². The third kappa shape index (κ3) is 13.9. The molecule has 6 heteroatoms. The van der Waals surface area contributed by atoms with E-state index in [0.29, 0.717) is 19.1 Å².